The van der Waals surface area contributed by atoms with E-state index in [0.29, 0.717) is 0 Å². The Hall–Kier alpha value is -2.15. The van der Waals surface area contributed by atoms with Crippen molar-refractivity contribution in [3.05, 3.63) is 46.7 Å². The number of hydrogen-bond donors (Lipinski definition) is 1. The topological polar surface area (TPSA) is 56.9 Å². The highest BCUT2D eigenvalue weighted by molar-refractivity contribution is 6.30. The van der Waals surface area contributed by atoms with Crippen LogP contribution < -0.4 is 4.90 Å². The SMILES string of the molecule is Cc1cc(N2CCN(CCO)CC2)n2nc(C)c(-c3ccc(Cl)cc3)c2n1. The Morgan fingerprint density at radius 3 is 2.44 bits per heavy atom. The van der Waals surface area contributed by atoms with Gasteiger partial charge in [0.05, 0.1) is 12.3 Å². The number of aliphatic hydroxyl groups excluding tert-OH is 1. The van der Waals surface area contributed by atoms with Crippen LogP contribution in [0.1, 0.15) is 11.4 Å². The van der Waals surface area contributed by atoms with Gasteiger partial charge in [0.25, 0.3) is 0 Å². The molecule has 142 valence electrons. The van der Waals surface area contributed by atoms with E-state index >= 15 is 0 Å². The van der Waals surface area contributed by atoms with Gasteiger partial charge in [-0.05, 0) is 31.5 Å². The largest absolute Gasteiger partial charge is 0.395 e. The highest BCUT2D eigenvalue weighted by Gasteiger charge is 2.22. The van der Waals surface area contributed by atoms with Crippen LogP contribution in [0.3, 0.4) is 0 Å². The summed E-state index contributed by atoms with van der Waals surface area (Å²) in [6.45, 7) is 8.70. The van der Waals surface area contributed by atoms with E-state index < -0.39 is 0 Å². The molecule has 0 saturated carbocycles. The normalized spacial score (nSPS) is 15.6. The number of benzene rings is 1. The van der Waals surface area contributed by atoms with Gasteiger partial charge in [0.2, 0.25) is 0 Å². The summed E-state index contributed by atoms with van der Waals surface area (Å²) in [4.78, 5) is 9.43. The molecule has 1 aromatic carbocycles. The lowest BCUT2D eigenvalue weighted by Gasteiger charge is -2.35. The van der Waals surface area contributed by atoms with Crippen molar-refractivity contribution < 1.29 is 5.11 Å². The summed E-state index contributed by atoms with van der Waals surface area (Å²) in [5.41, 5.74) is 4.93. The van der Waals surface area contributed by atoms with Crippen LogP contribution in [-0.2, 0) is 0 Å². The van der Waals surface area contributed by atoms with E-state index in [-0.39, 0.29) is 6.61 Å². The van der Waals surface area contributed by atoms with Gasteiger partial charge < -0.3 is 10.0 Å². The van der Waals surface area contributed by atoms with Crippen LogP contribution in [0.5, 0.6) is 0 Å². The molecule has 1 fully saturated rings. The molecule has 0 aliphatic carbocycles. The van der Waals surface area contributed by atoms with Crippen LogP contribution in [0.4, 0.5) is 5.82 Å². The molecule has 2 aromatic heterocycles. The molecular formula is C20H24ClN5O. The Morgan fingerprint density at radius 1 is 1.07 bits per heavy atom. The molecule has 0 amide bonds. The van der Waals surface area contributed by atoms with Crippen molar-refractivity contribution in [2.75, 3.05) is 44.2 Å². The van der Waals surface area contributed by atoms with Crippen molar-refractivity contribution in [1.29, 1.82) is 0 Å². The fourth-order valence-corrected chi connectivity index (χ4v) is 3.87. The molecule has 6 nitrogen and oxygen atoms in total. The first-order valence-corrected chi connectivity index (χ1v) is 9.65. The minimum Gasteiger partial charge on any atom is -0.395 e. The molecule has 0 unspecified atom stereocenters. The number of aromatic nitrogens is 3. The first kappa shape index (κ1) is 18.2. The molecule has 0 radical (unpaired) electrons. The van der Waals surface area contributed by atoms with Gasteiger partial charge in [-0.2, -0.15) is 9.61 Å². The van der Waals surface area contributed by atoms with Crippen molar-refractivity contribution in [3.63, 3.8) is 0 Å². The molecular weight excluding hydrogens is 362 g/mol. The lowest BCUT2D eigenvalue weighted by atomic mass is 10.1. The van der Waals surface area contributed by atoms with Gasteiger partial charge in [0.1, 0.15) is 5.82 Å². The van der Waals surface area contributed by atoms with E-state index in [9.17, 15) is 0 Å². The number of aryl methyl sites for hydroxylation is 2. The third kappa shape index (κ3) is 3.52. The summed E-state index contributed by atoms with van der Waals surface area (Å²) in [5, 5.41) is 14.7. The molecule has 0 bridgehead atoms. The summed E-state index contributed by atoms with van der Waals surface area (Å²) < 4.78 is 1.97. The summed E-state index contributed by atoms with van der Waals surface area (Å²) in [6, 6.07) is 9.94. The minimum absolute atomic E-state index is 0.210. The predicted molar refractivity (Wildman–Crippen MR) is 109 cm³/mol. The molecule has 0 atom stereocenters. The second-order valence-corrected chi connectivity index (χ2v) is 7.45. The van der Waals surface area contributed by atoms with Crippen LogP contribution in [0.15, 0.2) is 30.3 Å². The number of hydrogen-bond acceptors (Lipinski definition) is 5. The standard InChI is InChI=1S/C20H24ClN5O/c1-14-13-18(25-9-7-24(8-10-25)11-12-27)26-20(22-14)19(15(2)23-26)16-3-5-17(21)6-4-16/h3-6,13,27H,7-12H2,1-2H3. The van der Waals surface area contributed by atoms with E-state index in [0.717, 1.165) is 71.7 Å². The number of rotatable bonds is 4. The first-order valence-electron chi connectivity index (χ1n) is 9.28. The zero-order chi connectivity index (χ0) is 19.0. The van der Waals surface area contributed by atoms with E-state index in [1.165, 1.54) is 0 Å². The number of nitrogens with zero attached hydrogens (tertiary/aromatic N) is 5. The van der Waals surface area contributed by atoms with Crippen molar-refractivity contribution >= 4 is 23.1 Å². The number of aliphatic hydroxyl groups is 1. The zero-order valence-corrected chi connectivity index (χ0v) is 16.4. The lowest BCUT2D eigenvalue weighted by Crippen LogP contribution is -2.47. The maximum Gasteiger partial charge on any atom is 0.165 e. The van der Waals surface area contributed by atoms with Crippen molar-refractivity contribution in [2.24, 2.45) is 0 Å². The molecule has 7 heteroatoms. The summed E-state index contributed by atoms with van der Waals surface area (Å²) in [6.07, 6.45) is 0. The third-order valence-electron chi connectivity index (χ3n) is 5.12. The lowest BCUT2D eigenvalue weighted by molar-refractivity contribution is 0.188. The molecule has 3 heterocycles. The Morgan fingerprint density at radius 2 is 1.78 bits per heavy atom. The fourth-order valence-electron chi connectivity index (χ4n) is 3.75. The van der Waals surface area contributed by atoms with Crippen LogP contribution in [0.2, 0.25) is 5.02 Å². The van der Waals surface area contributed by atoms with Gasteiger partial charge in [-0.15, -0.1) is 0 Å². The first-order chi connectivity index (χ1) is 13.1. The van der Waals surface area contributed by atoms with Gasteiger partial charge in [-0.3, -0.25) is 4.90 Å². The molecule has 27 heavy (non-hydrogen) atoms. The van der Waals surface area contributed by atoms with Crippen molar-refractivity contribution in [3.8, 4) is 11.1 Å². The summed E-state index contributed by atoms with van der Waals surface area (Å²) in [5.74, 6) is 1.07. The highest BCUT2D eigenvalue weighted by Crippen LogP contribution is 2.31. The third-order valence-corrected chi connectivity index (χ3v) is 5.37. The zero-order valence-electron chi connectivity index (χ0n) is 15.7. The van der Waals surface area contributed by atoms with E-state index in [4.69, 9.17) is 26.8 Å². The predicted octanol–water partition coefficient (Wildman–Crippen LogP) is 2.78. The molecule has 1 N–H and O–H groups in total. The average Bonchev–Trinajstić information content (AvgIpc) is 2.98. The number of fused-ring (bicyclic) bond motifs is 1. The van der Waals surface area contributed by atoms with Crippen molar-refractivity contribution in [2.45, 2.75) is 13.8 Å². The Kier molecular flexibility index (Phi) is 5.04. The fraction of sp³-hybridized carbons (Fsp3) is 0.400. The number of β-amino-alcohol motifs (C(OH)–C–C–N with tert-alkyl or cyclic N) is 1. The van der Waals surface area contributed by atoms with Gasteiger partial charge in [-0.1, -0.05) is 23.7 Å². The molecule has 3 aromatic rings. The Bertz CT molecular complexity index is 945. The molecule has 1 saturated heterocycles. The van der Waals surface area contributed by atoms with Gasteiger partial charge in [-0.25, -0.2) is 4.98 Å². The van der Waals surface area contributed by atoms with E-state index in [1.54, 1.807) is 0 Å². The molecule has 1 aliphatic heterocycles. The van der Waals surface area contributed by atoms with Crippen LogP contribution in [-0.4, -0.2) is 63.9 Å². The van der Waals surface area contributed by atoms with Crippen LogP contribution in [0, 0.1) is 13.8 Å². The van der Waals surface area contributed by atoms with Gasteiger partial charge >= 0.3 is 0 Å². The monoisotopic (exact) mass is 385 g/mol. The van der Waals surface area contributed by atoms with Crippen molar-refractivity contribution in [1.82, 2.24) is 19.5 Å². The van der Waals surface area contributed by atoms with E-state index in [2.05, 4.69) is 15.9 Å². The summed E-state index contributed by atoms with van der Waals surface area (Å²) >= 11 is 6.05. The molecule has 1 aliphatic rings. The van der Waals surface area contributed by atoms with Crippen LogP contribution in [0.25, 0.3) is 16.8 Å². The van der Waals surface area contributed by atoms with E-state index in [1.807, 2.05) is 42.6 Å². The summed E-state index contributed by atoms with van der Waals surface area (Å²) in [7, 11) is 0. The minimum atomic E-state index is 0.210. The maximum atomic E-state index is 9.15. The van der Waals surface area contributed by atoms with Gasteiger partial charge in [0, 0.05) is 55.1 Å². The number of halogens is 1. The Labute approximate surface area is 164 Å². The van der Waals surface area contributed by atoms with Gasteiger partial charge in [0.15, 0.2) is 5.65 Å². The average molecular weight is 386 g/mol. The van der Waals surface area contributed by atoms with Crippen LogP contribution >= 0.6 is 11.6 Å². The number of piperazine rings is 1. The molecule has 0 spiro atoms. The molecule has 4 rings (SSSR count). The quantitative estimate of drug-likeness (QED) is 0.748. The highest BCUT2D eigenvalue weighted by atomic mass is 35.5. The second-order valence-electron chi connectivity index (χ2n) is 7.01. The maximum absolute atomic E-state index is 9.15. The second kappa shape index (κ2) is 7.46. The Balaban J connectivity index is 1.75. The smallest absolute Gasteiger partial charge is 0.165 e. The number of anilines is 1.